The largest absolute Gasteiger partial charge is 0.237 e. The van der Waals surface area contributed by atoms with Gasteiger partial charge in [0.25, 0.3) is 0 Å². The maximum Gasteiger partial charge on any atom is 0.153 e. The number of aryl methyl sites for hydroxylation is 1. The van der Waals surface area contributed by atoms with E-state index in [-0.39, 0.29) is 0 Å². The van der Waals surface area contributed by atoms with E-state index in [9.17, 15) is 0 Å². The van der Waals surface area contributed by atoms with E-state index in [1.54, 1.807) is 10.9 Å². The first kappa shape index (κ1) is 8.44. The summed E-state index contributed by atoms with van der Waals surface area (Å²) in [7, 11) is 0. The fraction of sp³-hybridized carbons (Fsp3) is 0.111. The summed E-state index contributed by atoms with van der Waals surface area (Å²) < 4.78 is 2.55. The minimum Gasteiger partial charge on any atom is -0.237 e. The maximum atomic E-state index is 4.20. The lowest BCUT2D eigenvalue weighted by Gasteiger charge is -1.99. The number of nitrogens with zero attached hydrogens (tertiary/aromatic N) is 3. The molecule has 4 heteroatoms. The Balaban J connectivity index is 2.46. The van der Waals surface area contributed by atoms with Crippen LogP contribution in [0.5, 0.6) is 0 Å². The number of halogens is 1. The predicted octanol–water partition coefficient (Wildman–Crippen LogP) is 2.34. The van der Waals surface area contributed by atoms with Crippen LogP contribution < -0.4 is 0 Å². The molecule has 0 spiro atoms. The lowest BCUT2D eigenvalue weighted by molar-refractivity contribution is 0.837. The van der Waals surface area contributed by atoms with Gasteiger partial charge in [-0.05, 0) is 46.6 Å². The topological polar surface area (TPSA) is 30.7 Å². The van der Waals surface area contributed by atoms with Crippen molar-refractivity contribution >= 4 is 15.9 Å². The van der Waals surface area contributed by atoms with Crippen molar-refractivity contribution < 1.29 is 0 Å². The number of rotatable bonds is 1. The third kappa shape index (κ3) is 1.78. The van der Waals surface area contributed by atoms with Gasteiger partial charge in [-0.3, -0.25) is 0 Å². The first-order valence-corrected chi connectivity index (χ1v) is 4.69. The van der Waals surface area contributed by atoms with Crippen LogP contribution in [0.3, 0.4) is 0 Å². The Hall–Kier alpha value is -1.16. The molecule has 2 heterocycles. The molecule has 3 nitrogen and oxygen atoms in total. The smallest absolute Gasteiger partial charge is 0.153 e. The molecule has 13 heavy (non-hydrogen) atoms. The first-order chi connectivity index (χ1) is 6.25. The highest BCUT2D eigenvalue weighted by molar-refractivity contribution is 9.10. The number of pyridine rings is 1. The third-order valence-corrected chi connectivity index (χ3v) is 2.12. The second-order valence-electron chi connectivity index (χ2n) is 2.77. The summed E-state index contributed by atoms with van der Waals surface area (Å²) in [5, 5.41) is 4.19. The zero-order valence-corrected chi connectivity index (χ0v) is 8.69. The predicted molar refractivity (Wildman–Crippen MR) is 53.8 cm³/mol. The summed E-state index contributed by atoms with van der Waals surface area (Å²) in [5.74, 6) is 0.839. The van der Waals surface area contributed by atoms with Crippen molar-refractivity contribution in [2.75, 3.05) is 0 Å². The van der Waals surface area contributed by atoms with Crippen LogP contribution in [0.1, 0.15) is 5.56 Å². The minimum absolute atomic E-state index is 0.816. The standard InChI is InChI=1S/C9H8BrN3/c1-7-2-4-11-9(6-7)13-5-3-8(10)12-13/h2-6H,1H3. The Bertz CT molecular complexity index is 422. The van der Waals surface area contributed by atoms with Crippen LogP contribution in [-0.2, 0) is 0 Å². The van der Waals surface area contributed by atoms with Crippen LogP contribution in [0.25, 0.3) is 5.82 Å². The highest BCUT2D eigenvalue weighted by Crippen LogP contribution is 2.09. The molecule has 0 radical (unpaired) electrons. The van der Waals surface area contributed by atoms with Crippen LogP contribution in [0.2, 0.25) is 0 Å². The number of hydrogen-bond donors (Lipinski definition) is 0. The van der Waals surface area contributed by atoms with E-state index in [0.717, 1.165) is 10.4 Å². The lowest BCUT2D eigenvalue weighted by atomic mass is 10.3. The van der Waals surface area contributed by atoms with Crippen LogP contribution >= 0.6 is 15.9 Å². The van der Waals surface area contributed by atoms with E-state index >= 15 is 0 Å². The van der Waals surface area contributed by atoms with Crippen molar-refractivity contribution in [3.63, 3.8) is 0 Å². The van der Waals surface area contributed by atoms with E-state index in [2.05, 4.69) is 26.0 Å². The molecule has 2 rings (SSSR count). The van der Waals surface area contributed by atoms with Crippen LogP contribution in [-0.4, -0.2) is 14.8 Å². The molecule has 66 valence electrons. The average Bonchev–Trinajstić information content (AvgIpc) is 2.52. The van der Waals surface area contributed by atoms with E-state index in [4.69, 9.17) is 0 Å². The molecule has 0 atom stereocenters. The summed E-state index contributed by atoms with van der Waals surface area (Å²) in [4.78, 5) is 4.20. The fourth-order valence-corrected chi connectivity index (χ4v) is 1.36. The molecule has 2 aromatic rings. The minimum atomic E-state index is 0.816. The summed E-state index contributed by atoms with van der Waals surface area (Å²) in [6.45, 7) is 2.03. The van der Waals surface area contributed by atoms with E-state index in [1.165, 1.54) is 5.56 Å². The second-order valence-corrected chi connectivity index (χ2v) is 3.59. The SMILES string of the molecule is Cc1ccnc(-n2ccc(Br)n2)c1. The molecule has 2 aromatic heterocycles. The zero-order valence-electron chi connectivity index (χ0n) is 7.11. The quantitative estimate of drug-likeness (QED) is 0.763. The molecular weight excluding hydrogens is 230 g/mol. The summed E-state index contributed by atoms with van der Waals surface area (Å²) in [6, 6.07) is 5.82. The Kier molecular flexibility index (Phi) is 2.14. The molecule has 0 fully saturated rings. The van der Waals surface area contributed by atoms with Crippen molar-refractivity contribution in [2.24, 2.45) is 0 Å². The van der Waals surface area contributed by atoms with Crippen LogP contribution in [0, 0.1) is 6.92 Å². The van der Waals surface area contributed by atoms with Crippen LogP contribution in [0.4, 0.5) is 0 Å². The Morgan fingerprint density at radius 2 is 2.23 bits per heavy atom. The van der Waals surface area contributed by atoms with Crippen molar-refractivity contribution in [2.45, 2.75) is 6.92 Å². The molecule has 0 aliphatic heterocycles. The molecule has 0 saturated heterocycles. The molecule has 0 unspecified atom stereocenters. The van der Waals surface area contributed by atoms with Gasteiger partial charge in [-0.25, -0.2) is 9.67 Å². The van der Waals surface area contributed by atoms with E-state index < -0.39 is 0 Å². The normalized spacial score (nSPS) is 10.3. The van der Waals surface area contributed by atoms with E-state index in [0.29, 0.717) is 0 Å². The number of aromatic nitrogens is 3. The fourth-order valence-electron chi connectivity index (χ4n) is 1.07. The first-order valence-electron chi connectivity index (χ1n) is 3.90. The molecule has 0 saturated carbocycles. The number of hydrogen-bond acceptors (Lipinski definition) is 2. The Labute approximate surface area is 84.5 Å². The summed E-state index contributed by atoms with van der Waals surface area (Å²) in [6.07, 6.45) is 3.64. The van der Waals surface area contributed by atoms with Crippen molar-refractivity contribution in [3.05, 3.63) is 40.8 Å². The highest BCUT2D eigenvalue weighted by Gasteiger charge is 1.99. The highest BCUT2D eigenvalue weighted by atomic mass is 79.9. The molecule has 0 amide bonds. The maximum absolute atomic E-state index is 4.20. The Morgan fingerprint density at radius 3 is 2.85 bits per heavy atom. The average molecular weight is 238 g/mol. The van der Waals surface area contributed by atoms with Gasteiger partial charge in [-0.1, -0.05) is 0 Å². The molecule has 0 aliphatic carbocycles. The van der Waals surface area contributed by atoms with Crippen LogP contribution in [0.15, 0.2) is 35.2 Å². The van der Waals surface area contributed by atoms with Crippen molar-refractivity contribution in [1.82, 2.24) is 14.8 Å². The van der Waals surface area contributed by atoms with Crippen molar-refractivity contribution in [1.29, 1.82) is 0 Å². The van der Waals surface area contributed by atoms with Crippen molar-refractivity contribution in [3.8, 4) is 5.82 Å². The summed E-state index contributed by atoms with van der Waals surface area (Å²) in [5.41, 5.74) is 1.18. The van der Waals surface area contributed by atoms with Gasteiger partial charge < -0.3 is 0 Å². The summed E-state index contributed by atoms with van der Waals surface area (Å²) >= 11 is 3.29. The van der Waals surface area contributed by atoms with Gasteiger partial charge in [0.2, 0.25) is 0 Å². The molecule has 0 bridgehead atoms. The van der Waals surface area contributed by atoms with Gasteiger partial charge in [0.15, 0.2) is 5.82 Å². The van der Waals surface area contributed by atoms with Gasteiger partial charge in [0, 0.05) is 12.4 Å². The molecular formula is C9H8BrN3. The van der Waals surface area contributed by atoms with E-state index in [1.807, 2.05) is 31.3 Å². The second kappa shape index (κ2) is 3.30. The monoisotopic (exact) mass is 237 g/mol. The van der Waals surface area contributed by atoms with Gasteiger partial charge >= 0.3 is 0 Å². The van der Waals surface area contributed by atoms with Gasteiger partial charge in [0.05, 0.1) is 0 Å². The third-order valence-electron chi connectivity index (χ3n) is 1.69. The zero-order chi connectivity index (χ0) is 9.26. The molecule has 0 aromatic carbocycles. The van der Waals surface area contributed by atoms with Gasteiger partial charge in [-0.15, -0.1) is 0 Å². The molecule has 0 N–H and O–H groups in total. The lowest BCUT2D eigenvalue weighted by Crippen LogP contribution is -1.97. The Morgan fingerprint density at radius 1 is 1.38 bits per heavy atom. The van der Waals surface area contributed by atoms with Gasteiger partial charge in [-0.2, -0.15) is 5.10 Å². The molecule has 0 aliphatic rings. The van der Waals surface area contributed by atoms with Gasteiger partial charge in [0.1, 0.15) is 4.60 Å².